The van der Waals surface area contributed by atoms with E-state index in [-0.39, 0.29) is 5.56 Å². The Balaban J connectivity index is 1.74. The minimum atomic E-state index is -0.0793. The van der Waals surface area contributed by atoms with Crippen LogP contribution in [-0.4, -0.2) is 36.2 Å². The zero-order valence-electron chi connectivity index (χ0n) is 13.7. The number of morpholine rings is 1. The van der Waals surface area contributed by atoms with Crippen LogP contribution in [0.25, 0.3) is 32.8 Å². The molecule has 0 spiro atoms. The summed E-state index contributed by atoms with van der Waals surface area (Å²) in [5, 5.41) is 2.47. The Bertz CT molecular complexity index is 1140. The van der Waals surface area contributed by atoms with Crippen LogP contribution in [0.15, 0.2) is 51.7 Å². The summed E-state index contributed by atoms with van der Waals surface area (Å²) in [5.74, 6) is 0. The second kappa shape index (κ2) is 5.72. The number of benzene rings is 2. The molecule has 1 aliphatic heterocycles. The van der Waals surface area contributed by atoms with Gasteiger partial charge in [0, 0.05) is 36.0 Å². The standard InChI is InChI=1S/C20H18N2O3/c23-20-15-6-2-1-5-14(15)19-17(21-20)16-7-3-4-13(18(16)25-19)12-22-8-10-24-11-9-22/h1-7H,8-12H2,(H,21,23). The van der Waals surface area contributed by atoms with E-state index in [1.807, 2.05) is 36.4 Å². The number of ether oxygens (including phenoxy) is 1. The van der Waals surface area contributed by atoms with Crippen molar-refractivity contribution in [2.45, 2.75) is 6.54 Å². The lowest BCUT2D eigenvalue weighted by atomic mass is 10.1. The van der Waals surface area contributed by atoms with Crippen molar-refractivity contribution in [3.63, 3.8) is 0 Å². The summed E-state index contributed by atoms with van der Waals surface area (Å²) in [7, 11) is 0. The topological polar surface area (TPSA) is 58.5 Å². The van der Waals surface area contributed by atoms with Crippen molar-refractivity contribution in [3.8, 4) is 0 Å². The molecule has 2 aromatic carbocycles. The molecule has 0 unspecified atom stereocenters. The van der Waals surface area contributed by atoms with Crippen molar-refractivity contribution in [3.05, 3.63) is 58.4 Å². The summed E-state index contributed by atoms with van der Waals surface area (Å²) in [6.45, 7) is 4.22. The second-order valence-electron chi connectivity index (χ2n) is 6.49. The fourth-order valence-corrected chi connectivity index (χ4v) is 3.68. The molecule has 1 N–H and O–H groups in total. The molecular weight excluding hydrogens is 316 g/mol. The first-order valence-electron chi connectivity index (χ1n) is 8.56. The molecule has 1 aliphatic rings. The fraction of sp³-hybridized carbons (Fsp3) is 0.250. The first kappa shape index (κ1) is 14.7. The largest absolute Gasteiger partial charge is 0.453 e. The normalized spacial score (nSPS) is 16.2. The summed E-state index contributed by atoms with van der Waals surface area (Å²) < 4.78 is 11.7. The number of hydrogen-bond acceptors (Lipinski definition) is 4. The van der Waals surface area contributed by atoms with Crippen LogP contribution in [0.5, 0.6) is 0 Å². The van der Waals surface area contributed by atoms with Gasteiger partial charge in [-0.25, -0.2) is 0 Å². The van der Waals surface area contributed by atoms with Crippen LogP contribution >= 0.6 is 0 Å². The Morgan fingerprint density at radius 1 is 0.920 bits per heavy atom. The van der Waals surface area contributed by atoms with Crippen molar-refractivity contribution >= 4 is 32.8 Å². The molecule has 0 saturated carbocycles. The molecule has 0 atom stereocenters. The van der Waals surface area contributed by atoms with E-state index in [9.17, 15) is 4.79 Å². The van der Waals surface area contributed by atoms with Gasteiger partial charge in [-0.2, -0.15) is 0 Å². The van der Waals surface area contributed by atoms with Crippen LogP contribution in [-0.2, 0) is 11.3 Å². The highest BCUT2D eigenvalue weighted by atomic mass is 16.5. The van der Waals surface area contributed by atoms with E-state index in [0.717, 1.165) is 65.9 Å². The Kier molecular flexibility index (Phi) is 3.36. The van der Waals surface area contributed by atoms with Gasteiger partial charge in [0.1, 0.15) is 5.58 Å². The highest BCUT2D eigenvalue weighted by Crippen LogP contribution is 2.33. The summed E-state index contributed by atoms with van der Waals surface area (Å²) >= 11 is 0. The van der Waals surface area contributed by atoms with Gasteiger partial charge in [-0.1, -0.05) is 30.3 Å². The number of furan rings is 1. The third-order valence-electron chi connectivity index (χ3n) is 4.95. The molecular formula is C20H18N2O3. The highest BCUT2D eigenvalue weighted by Gasteiger charge is 2.17. The van der Waals surface area contributed by atoms with E-state index in [1.54, 1.807) is 0 Å². The first-order chi connectivity index (χ1) is 12.3. The molecule has 4 aromatic rings. The van der Waals surface area contributed by atoms with Crippen molar-refractivity contribution in [2.24, 2.45) is 0 Å². The number of para-hydroxylation sites is 1. The lowest BCUT2D eigenvalue weighted by molar-refractivity contribution is 0.0342. The number of fused-ring (bicyclic) bond motifs is 5. The van der Waals surface area contributed by atoms with E-state index < -0.39 is 0 Å². The maximum atomic E-state index is 12.4. The average Bonchev–Trinajstić information content (AvgIpc) is 3.03. The van der Waals surface area contributed by atoms with E-state index in [0.29, 0.717) is 5.39 Å². The van der Waals surface area contributed by atoms with Crippen LogP contribution < -0.4 is 5.56 Å². The van der Waals surface area contributed by atoms with E-state index in [1.165, 1.54) is 0 Å². The third-order valence-corrected chi connectivity index (χ3v) is 4.95. The van der Waals surface area contributed by atoms with Gasteiger partial charge in [0.2, 0.25) is 0 Å². The zero-order valence-corrected chi connectivity index (χ0v) is 13.7. The molecule has 0 amide bonds. The van der Waals surface area contributed by atoms with Crippen molar-refractivity contribution in [1.29, 1.82) is 0 Å². The average molecular weight is 334 g/mol. The predicted molar refractivity (Wildman–Crippen MR) is 97.9 cm³/mol. The summed E-state index contributed by atoms with van der Waals surface area (Å²) in [6, 6.07) is 13.7. The molecule has 1 fully saturated rings. The Morgan fingerprint density at radius 2 is 1.68 bits per heavy atom. The molecule has 5 rings (SSSR count). The van der Waals surface area contributed by atoms with Gasteiger partial charge in [0.15, 0.2) is 5.58 Å². The number of hydrogen-bond donors (Lipinski definition) is 1. The number of aromatic amines is 1. The van der Waals surface area contributed by atoms with Gasteiger partial charge in [-0.3, -0.25) is 9.69 Å². The number of rotatable bonds is 2. The molecule has 5 heteroatoms. The van der Waals surface area contributed by atoms with Gasteiger partial charge in [-0.05, 0) is 12.1 Å². The van der Waals surface area contributed by atoms with E-state index >= 15 is 0 Å². The van der Waals surface area contributed by atoms with Crippen molar-refractivity contribution < 1.29 is 9.15 Å². The number of aromatic nitrogens is 1. The Labute approximate surface area is 143 Å². The quantitative estimate of drug-likeness (QED) is 0.611. The van der Waals surface area contributed by atoms with Gasteiger partial charge in [-0.15, -0.1) is 0 Å². The molecule has 3 heterocycles. The van der Waals surface area contributed by atoms with Crippen LogP contribution in [0.1, 0.15) is 5.56 Å². The zero-order chi connectivity index (χ0) is 16.8. The Hall–Kier alpha value is -2.63. The van der Waals surface area contributed by atoms with Crippen LogP contribution in [0, 0.1) is 0 Å². The maximum absolute atomic E-state index is 12.4. The molecule has 5 nitrogen and oxygen atoms in total. The van der Waals surface area contributed by atoms with Crippen molar-refractivity contribution in [2.75, 3.05) is 26.3 Å². The fourth-order valence-electron chi connectivity index (χ4n) is 3.68. The summed E-state index contributed by atoms with van der Waals surface area (Å²) in [4.78, 5) is 17.8. The van der Waals surface area contributed by atoms with Gasteiger partial charge in [0.05, 0.1) is 24.1 Å². The molecule has 1 saturated heterocycles. The Morgan fingerprint density at radius 3 is 2.52 bits per heavy atom. The number of nitrogens with one attached hydrogen (secondary N) is 1. The highest BCUT2D eigenvalue weighted by molar-refractivity contribution is 6.12. The second-order valence-corrected chi connectivity index (χ2v) is 6.49. The van der Waals surface area contributed by atoms with Crippen LogP contribution in [0.4, 0.5) is 0 Å². The maximum Gasteiger partial charge on any atom is 0.256 e. The third kappa shape index (κ3) is 2.35. The minimum absolute atomic E-state index is 0.0793. The van der Waals surface area contributed by atoms with E-state index in [4.69, 9.17) is 9.15 Å². The lowest BCUT2D eigenvalue weighted by Crippen LogP contribution is -2.35. The van der Waals surface area contributed by atoms with Crippen molar-refractivity contribution in [1.82, 2.24) is 9.88 Å². The van der Waals surface area contributed by atoms with Gasteiger partial charge >= 0.3 is 0 Å². The van der Waals surface area contributed by atoms with Crippen LogP contribution in [0.2, 0.25) is 0 Å². The van der Waals surface area contributed by atoms with Gasteiger partial charge < -0.3 is 14.1 Å². The smallest absolute Gasteiger partial charge is 0.256 e. The molecule has 2 aromatic heterocycles. The molecule has 0 aliphatic carbocycles. The predicted octanol–water partition coefficient (Wildman–Crippen LogP) is 3.26. The number of H-pyrrole nitrogens is 1. The van der Waals surface area contributed by atoms with E-state index in [2.05, 4.69) is 16.0 Å². The minimum Gasteiger partial charge on any atom is -0.453 e. The monoisotopic (exact) mass is 334 g/mol. The van der Waals surface area contributed by atoms with Gasteiger partial charge in [0.25, 0.3) is 5.56 Å². The lowest BCUT2D eigenvalue weighted by Gasteiger charge is -2.26. The molecule has 25 heavy (non-hydrogen) atoms. The number of nitrogens with zero attached hydrogens (tertiary/aromatic N) is 1. The number of pyridine rings is 1. The first-order valence-corrected chi connectivity index (χ1v) is 8.56. The molecule has 126 valence electrons. The molecule has 0 bridgehead atoms. The SMILES string of the molecule is O=c1[nH]c2c3cccc(CN4CCOCC4)c3oc2c2ccccc12. The van der Waals surface area contributed by atoms with Crippen LogP contribution in [0.3, 0.4) is 0 Å². The summed E-state index contributed by atoms with van der Waals surface area (Å²) in [5.41, 5.74) is 3.45. The molecule has 0 radical (unpaired) electrons. The summed E-state index contributed by atoms with van der Waals surface area (Å²) in [6.07, 6.45) is 0.